The summed E-state index contributed by atoms with van der Waals surface area (Å²) in [6.45, 7) is 1.96. The maximum atomic E-state index is 8.71. The van der Waals surface area contributed by atoms with Gasteiger partial charge in [0.15, 0.2) is 0 Å². The fourth-order valence-corrected chi connectivity index (χ4v) is 1.27. The molecular formula is C11H15N3. The van der Waals surface area contributed by atoms with Crippen LogP contribution in [0.15, 0.2) is 18.2 Å². The first-order chi connectivity index (χ1) is 6.63. The van der Waals surface area contributed by atoms with Crippen LogP contribution in [0.5, 0.6) is 0 Å². The maximum absolute atomic E-state index is 8.71. The quantitative estimate of drug-likeness (QED) is 0.706. The Hall–Kier alpha value is -1.53. The Kier molecular flexibility index (Phi) is 3.49. The van der Waals surface area contributed by atoms with Gasteiger partial charge < -0.3 is 11.5 Å². The molecule has 0 bridgehead atoms. The van der Waals surface area contributed by atoms with Crippen molar-refractivity contribution < 1.29 is 0 Å². The second-order valence-corrected chi connectivity index (χ2v) is 3.54. The van der Waals surface area contributed by atoms with E-state index in [1.165, 1.54) is 0 Å². The summed E-state index contributed by atoms with van der Waals surface area (Å²) in [5, 5.41) is 8.71. The molecule has 1 rings (SSSR count). The summed E-state index contributed by atoms with van der Waals surface area (Å²) in [6.07, 6.45) is 1.72. The van der Waals surface area contributed by atoms with Crippen LogP contribution in [0.3, 0.4) is 0 Å². The summed E-state index contributed by atoms with van der Waals surface area (Å²) in [5.74, 6) is 0. The van der Waals surface area contributed by atoms with E-state index in [0.29, 0.717) is 5.56 Å². The Balaban J connectivity index is 2.80. The highest BCUT2D eigenvalue weighted by atomic mass is 14.6. The highest BCUT2D eigenvalue weighted by molar-refractivity contribution is 5.51. The molecule has 0 amide bonds. The summed E-state index contributed by atoms with van der Waals surface area (Å²) in [6, 6.07) is 7.59. The van der Waals surface area contributed by atoms with Crippen molar-refractivity contribution in [1.82, 2.24) is 0 Å². The van der Waals surface area contributed by atoms with Gasteiger partial charge in [-0.2, -0.15) is 5.26 Å². The van der Waals surface area contributed by atoms with Crippen LogP contribution in [-0.2, 0) is 6.42 Å². The van der Waals surface area contributed by atoms with Crippen molar-refractivity contribution >= 4 is 5.69 Å². The van der Waals surface area contributed by atoms with Crippen LogP contribution in [0, 0.1) is 11.3 Å². The third kappa shape index (κ3) is 2.75. The first kappa shape index (κ1) is 10.6. The summed E-state index contributed by atoms with van der Waals surface area (Å²) >= 11 is 0. The van der Waals surface area contributed by atoms with Gasteiger partial charge in [0.2, 0.25) is 0 Å². The minimum Gasteiger partial charge on any atom is -0.399 e. The first-order valence-corrected chi connectivity index (χ1v) is 4.67. The number of benzene rings is 1. The molecule has 3 heteroatoms. The molecule has 0 aliphatic heterocycles. The molecule has 0 aliphatic carbocycles. The summed E-state index contributed by atoms with van der Waals surface area (Å²) in [5.41, 5.74) is 13.8. The molecule has 0 aliphatic rings. The summed E-state index contributed by atoms with van der Waals surface area (Å²) < 4.78 is 0. The van der Waals surface area contributed by atoms with Gasteiger partial charge in [0.1, 0.15) is 0 Å². The smallest absolute Gasteiger partial charge is 0.0991 e. The molecule has 0 saturated carbocycles. The van der Waals surface area contributed by atoms with Crippen molar-refractivity contribution in [3.8, 4) is 6.07 Å². The Morgan fingerprint density at radius 2 is 2.21 bits per heavy atom. The average Bonchev–Trinajstić information content (AvgIpc) is 2.16. The van der Waals surface area contributed by atoms with Crippen molar-refractivity contribution in [3.63, 3.8) is 0 Å². The minimum absolute atomic E-state index is 0.167. The lowest BCUT2D eigenvalue weighted by molar-refractivity contribution is 0.667. The number of hydrogen-bond donors (Lipinski definition) is 2. The first-order valence-electron chi connectivity index (χ1n) is 4.67. The number of rotatable bonds is 3. The molecule has 0 heterocycles. The second kappa shape index (κ2) is 4.64. The third-order valence-corrected chi connectivity index (χ3v) is 2.14. The Morgan fingerprint density at radius 1 is 1.50 bits per heavy atom. The van der Waals surface area contributed by atoms with Crippen LogP contribution in [0.4, 0.5) is 5.69 Å². The van der Waals surface area contributed by atoms with Crippen molar-refractivity contribution in [2.75, 3.05) is 5.73 Å². The zero-order valence-electron chi connectivity index (χ0n) is 8.33. The minimum atomic E-state index is 0.167. The topological polar surface area (TPSA) is 75.8 Å². The molecule has 0 saturated heterocycles. The van der Waals surface area contributed by atoms with Crippen molar-refractivity contribution in [2.24, 2.45) is 5.73 Å². The Bertz CT molecular complexity index is 350. The van der Waals surface area contributed by atoms with Crippen LogP contribution in [-0.4, -0.2) is 6.04 Å². The van der Waals surface area contributed by atoms with Crippen LogP contribution < -0.4 is 11.5 Å². The van der Waals surface area contributed by atoms with Crippen molar-refractivity contribution in [1.29, 1.82) is 5.26 Å². The Labute approximate surface area is 84.3 Å². The van der Waals surface area contributed by atoms with Gasteiger partial charge in [0.05, 0.1) is 11.6 Å². The van der Waals surface area contributed by atoms with E-state index in [9.17, 15) is 0 Å². The van der Waals surface area contributed by atoms with E-state index in [2.05, 4.69) is 6.07 Å². The van der Waals surface area contributed by atoms with Crippen molar-refractivity contribution in [2.45, 2.75) is 25.8 Å². The lowest BCUT2D eigenvalue weighted by Crippen LogP contribution is -2.15. The predicted molar refractivity (Wildman–Crippen MR) is 57.5 cm³/mol. The Morgan fingerprint density at radius 3 is 2.79 bits per heavy atom. The zero-order chi connectivity index (χ0) is 10.6. The van der Waals surface area contributed by atoms with Crippen LogP contribution >= 0.6 is 0 Å². The molecule has 0 spiro atoms. The van der Waals surface area contributed by atoms with E-state index >= 15 is 0 Å². The number of nitrogens with two attached hydrogens (primary N) is 2. The number of hydrogen-bond acceptors (Lipinski definition) is 3. The highest BCUT2D eigenvalue weighted by Crippen LogP contribution is 2.16. The molecule has 0 unspecified atom stereocenters. The zero-order valence-corrected chi connectivity index (χ0v) is 8.33. The van der Waals surface area contributed by atoms with Gasteiger partial charge in [0, 0.05) is 11.7 Å². The monoisotopic (exact) mass is 189 g/mol. The molecule has 74 valence electrons. The number of nitrogen functional groups attached to an aromatic ring is 1. The van der Waals surface area contributed by atoms with E-state index in [-0.39, 0.29) is 6.04 Å². The molecule has 0 radical (unpaired) electrons. The SMILES string of the molecule is C[C@H](N)CCc1cc(C#N)ccc1N. The van der Waals surface area contributed by atoms with Crippen LogP contribution in [0.1, 0.15) is 24.5 Å². The molecule has 1 aromatic rings. The third-order valence-electron chi connectivity index (χ3n) is 2.14. The standard InChI is InChI=1S/C11H15N3/c1-8(13)2-4-10-6-9(7-12)3-5-11(10)14/h3,5-6,8H,2,4,13-14H2,1H3/t8-/m0/s1. The van der Waals surface area contributed by atoms with Gasteiger partial charge in [-0.25, -0.2) is 0 Å². The van der Waals surface area contributed by atoms with E-state index in [4.69, 9.17) is 16.7 Å². The lowest BCUT2D eigenvalue weighted by atomic mass is 10.0. The van der Waals surface area contributed by atoms with Crippen LogP contribution in [0.2, 0.25) is 0 Å². The van der Waals surface area contributed by atoms with Gasteiger partial charge in [-0.1, -0.05) is 0 Å². The molecule has 4 N–H and O–H groups in total. The summed E-state index contributed by atoms with van der Waals surface area (Å²) in [4.78, 5) is 0. The van der Waals surface area contributed by atoms with E-state index in [1.54, 1.807) is 12.1 Å². The van der Waals surface area contributed by atoms with Gasteiger partial charge in [-0.05, 0) is 43.5 Å². The summed E-state index contributed by atoms with van der Waals surface area (Å²) in [7, 11) is 0. The fourth-order valence-electron chi connectivity index (χ4n) is 1.27. The van der Waals surface area contributed by atoms with E-state index < -0.39 is 0 Å². The predicted octanol–water partition coefficient (Wildman–Crippen LogP) is 1.42. The molecule has 14 heavy (non-hydrogen) atoms. The van der Waals surface area contributed by atoms with E-state index in [1.807, 2.05) is 13.0 Å². The fraction of sp³-hybridized carbons (Fsp3) is 0.364. The molecule has 1 atom stereocenters. The number of aryl methyl sites for hydroxylation is 1. The number of nitrogens with zero attached hydrogens (tertiary/aromatic N) is 1. The molecule has 0 fully saturated rings. The second-order valence-electron chi connectivity index (χ2n) is 3.54. The highest BCUT2D eigenvalue weighted by Gasteiger charge is 2.02. The molecular weight excluding hydrogens is 174 g/mol. The largest absolute Gasteiger partial charge is 0.399 e. The van der Waals surface area contributed by atoms with Crippen molar-refractivity contribution in [3.05, 3.63) is 29.3 Å². The van der Waals surface area contributed by atoms with Gasteiger partial charge in [-0.15, -0.1) is 0 Å². The van der Waals surface area contributed by atoms with Gasteiger partial charge >= 0.3 is 0 Å². The van der Waals surface area contributed by atoms with Crippen LogP contribution in [0.25, 0.3) is 0 Å². The lowest BCUT2D eigenvalue weighted by Gasteiger charge is -2.07. The molecule has 1 aromatic carbocycles. The van der Waals surface area contributed by atoms with Gasteiger partial charge in [-0.3, -0.25) is 0 Å². The average molecular weight is 189 g/mol. The van der Waals surface area contributed by atoms with Gasteiger partial charge in [0.25, 0.3) is 0 Å². The number of nitriles is 1. The van der Waals surface area contributed by atoms with E-state index in [0.717, 1.165) is 24.1 Å². The normalized spacial score (nSPS) is 12.1. The molecule has 0 aromatic heterocycles. The molecule has 3 nitrogen and oxygen atoms in total. The number of anilines is 1. The maximum Gasteiger partial charge on any atom is 0.0991 e.